The standard InChI is InChI=1S/C15H19N3/c1-11-7-13(9-16-8-11)10-18-12(2)17-14-5-3-4-6-15(14)18/h7-9H,3-6,10H2,1-2H3. The van der Waals surface area contributed by atoms with E-state index >= 15 is 0 Å². The van der Waals surface area contributed by atoms with Gasteiger partial charge in [-0.25, -0.2) is 4.98 Å². The predicted octanol–water partition coefficient (Wildman–Crippen LogP) is 2.82. The van der Waals surface area contributed by atoms with Crippen LogP contribution in [0.3, 0.4) is 0 Å². The molecule has 0 N–H and O–H groups in total. The zero-order chi connectivity index (χ0) is 12.5. The summed E-state index contributed by atoms with van der Waals surface area (Å²) in [5.41, 5.74) is 5.25. The first-order valence-corrected chi connectivity index (χ1v) is 6.69. The fourth-order valence-corrected chi connectivity index (χ4v) is 2.83. The molecule has 0 unspecified atom stereocenters. The number of hydrogen-bond donors (Lipinski definition) is 0. The van der Waals surface area contributed by atoms with Crippen molar-refractivity contribution >= 4 is 0 Å². The summed E-state index contributed by atoms with van der Waals surface area (Å²) in [5.74, 6) is 1.14. The van der Waals surface area contributed by atoms with Crippen LogP contribution in [0.4, 0.5) is 0 Å². The molecular weight excluding hydrogens is 222 g/mol. The molecule has 1 aliphatic rings. The summed E-state index contributed by atoms with van der Waals surface area (Å²) in [6.07, 6.45) is 8.77. The van der Waals surface area contributed by atoms with Crippen LogP contribution in [-0.4, -0.2) is 14.5 Å². The van der Waals surface area contributed by atoms with Gasteiger partial charge in [0.25, 0.3) is 0 Å². The summed E-state index contributed by atoms with van der Waals surface area (Å²) < 4.78 is 2.37. The fraction of sp³-hybridized carbons (Fsp3) is 0.467. The number of fused-ring (bicyclic) bond motifs is 1. The van der Waals surface area contributed by atoms with Crippen molar-refractivity contribution < 1.29 is 0 Å². The molecule has 0 radical (unpaired) electrons. The van der Waals surface area contributed by atoms with Crippen molar-refractivity contribution in [2.45, 2.75) is 46.1 Å². The Labute approximate surface area is 108 Å². The number of pyridine rings is 1. The molecule has 0 amide bonds. The van der Waals surface area contributed by atoms with Crippen LogP contribution in [0.15, 0.2) is 18.5 Å². The SMILES string of the molecule is Cc1cncc(Cn2c(C)nc3c2CCCC3)c1. The van der Waals surface area contributed by atoms with E-state index in [1.54, 1.807) is 0 Å². The zero-order valence-electron chi connectivity index (χ0n) is 11.1. The largest absolute Gasteiger partial charge is 0.328 e. The van der Waals surface area contributed by atoms with Gasteiger partial charge in [0.05, 0.1) is 12.2 Å². The van der Waals surface area contributed by atoms with Crippen LogP contribution in [0.25, 0.3) is 0 Å². The minimum atomic E-state index is 0.906. The van der Waals surface area contributed by atoms with Crippen LogP contribution < -0.4 is 0 Å². The van der Waals surface area contributed by atoms with Gasteiger partial charge in [-0.2, -0.15) is 0 Å². The van der Waals surface area contributed by atoms with Gasteiger partial charge in [-0.15, -0.1) is 0 Å². The van der Waals surface area contributed by atoms with Gasteiger partial charge in [0, 0.05) is 18.1 Å². The second-order valence-corrected chi connectivity index (χ2v) is 5.22. The Bertz CT molecular complexity index is 569. The highest BCUT2D eigenvalue weighted by molar-refractivity contribution is 5.23. The number of rotatable bonds is 2. The molecule has 2 aromatic rings. The first-order valence-electron chi connectivity index (χ1n) is 6.69. The molecule has 0 bridgehead atoms. The minimum Gasteiger partial charge on any atom is -0.328 e. The van der Waals surface area contributed by atoms with Crippen LogP contribution >= 0.6 is 0 Å². The maximum absolute atomic E-state index is 4.71. The van der Waals surface area contributed by atoms with E-state index in [2.05, 4.69) is 29.5 Å². The molecule has 2 aromatic heterocycles. The number of imidazole rings is 1. The summed E-state index contributed by atoms with van der Waals surface area (Å²) in [7, 11) is 0. The Morgan fingerprint density at radius 3 is 2.83 bits per heavy atom. The molecule has 2 heterocycles. The third-order valence-corrected chi connectivity index (χ3v) is 3.70. The summed E-state index contributed by atoms with van der Waals surface area (Å²) in [5, 5.41) is 0. The van der Waals surface area contributed by atoms with E-state index in [0.717, 1.165) is 18.8 Å². The summed E-state index contributed by atoms with van der Waals surface area (Å²) in [6.45, 7) is 5.11. The molecule has 0 saturated heterocycles. The smallest absolute Gasteiger partial charge is 0.106 e. The number of aromatic nitrogens is 3. The second kappa shape index (κ2) is 4.56. The Morgan fingerprint density at radius 1 is 1.17 bits per heavy atom. The van der Waals surface area contributed by atoms with E-state index in [-0.39, 0.29) is 0 Å². The van der Waals surface area contributed by atoms with Crippen LogP contribution in [-0.2, 0) is 19.4 Å². The van der Waals surface area contributed by atoms with Crippen molar-refractivity contribution in [3.05, 3.63) is 46.8 Å². The normalized spacial score (nSPS) is 14.6. The van der Waals surface area contributed by atoms with E-state index in [0.29, 0.717) is 0 Å². The van der Waals surface area contributed by atoms with E-state index in [4.69, 9.17) is 4.98 Å². The molecule has 0 aliphatic heterocycles. The monoisotopic (exact) mass is 241 g/mol. The number of nitrogens with zero attached hydrogens (tertiary/aromatic N) is 3. The molecule has 94 valence electrons. The van der Waals surface area contributed by atoms with Crippen molar-refractivity contribution in [2.75, 3.05) is 0 Å². The molecule has 0 fully saturated rings. The van der Waals surface area contributed by atoms with Gasteiger partial charge in [-0.05, 0) is 50.7 Å². The Hall–Kier alpha value is -1.64. The highest BCUT2D eigenvalue weighted by Gasteiger charge is 2.17. The molecule has 0 spiro atoms. The number of hydrogen-bond acceptors (Lipinski definition) is 2. The van der Waals surface area contributed by atoms with Crippen molar-refractivity contribution in [3.8, 4) is 0 Å². The third kappa shape index (κ3) is 2.05. The molecule has 3 heteroatoms. The summed E-state index contributed by atoms with van der Waals surface area (Å²) in [6, 6.07) is 2.21. The molecule has 0 aromatic carbocycles. The van der Waals surface area contributed by atoms with Crippen LogP contribution in [0.1, 0.15) is 41.2 Å². The molecule has 18 heavy (non-hydrogen) atoms. The minimum absolute atomic E-state index is 0.906. The lowest BCUT2D eigenvalue weighted by Crippen LogP contribution is -2.10. The first-order chi connectivity index (χ1) is 8.74. The van der Waals surface area contributed by atoms with Gasteiger partial charge in [0.1, 0.15) is 5.82 Å². The fourth-order valence-electron chi connectivity index (χ4n) is 2.83. The van der Waals surface area contributed by atoms with E-state index in [1.807, 2.05) is 12.4 Å². The lowest BCUT2D eigenvalue weighted by Gasteiger charge is -2.14. The van der Waals surface area contributed by atoms with Gasteiger partial charge in [0.15, 0.2) is 0 Å². The average molecular weight is 241 g/mol. The maximum atomic E-state index is 4.71. The highest BCUT2D eigenvalue weighted by Crippen LogP contribution is 2.23. The topological polar surface area (TPSA) is 30.7 Å². The average Bonchev–Trinajstić information content (AvgIpc) is 2.66. The van der Waals surface area contributed by atoms with Gasteiger partial charge in [-0.3, -0.25) is 4.98 Å². The highest BCUT2D eigenvalue weighted by atomic mass is 15.1. The van der Waals surface area contributed by atoms with Crippen molar-refractivity contribution in [1.29, 1.82) is 0 Å². The Kier molecular flexibility index (Phi) is 2.90. The van der Waals surface area contributed by atoms with Crippen molar-refractivity contribution in [1.82, 2.24) is 14.5 Å². The molecule has 0 atom stereocenters. The summed E-state index contributed by atoms with van der Waals surface area (Å²) in [4.78, 5) is 8.99. The van der Waals surface area contributed by atoms with Crippen molar-refractivity contribution in [3.63, 3.8) is 0 Å². The van der Waals surface area contributed by atoms with Crippen LogP contribution in [0, 0.1) is 13.8 Å². The quantitative estimate of drug-likeness (QED) is 0.809. The summed E-state index contributed by atoms with van der Waals surface area (Å²) >= 11 is 0. The molecule has 1 aliphatic carbocycles. The Balaban J connectivity index is 1.95. The lowest BCUT2D eigenvalue weighted by atomic mass is 10.0. The third-order valence-electron chi connectivity index (χ3n) is 3.70. The predicted molar refractivity (Wildman–Crippen MR) is 71.7 cm³/mol. The van der Waals surface area contributed by atoms with Gasteiger partial charge in [-0.1, -0.05) is 6.07 Å². The van der Waals surface area contributed by atoms with Gasteiger partial charge >= 0.3 is 0 Å². The first kappa shape index (κ1) is 11.5. The lowest BCUT2D eigenvalue weighted by molar-refractivity contribution is 0.624. The van der Waals surface area contributed by atoms with E-state index in [1.165, 1.54) is 41.8 Å². The number of aryl methyl sites for hydroxylation is 3. The zero-order valence-corrected chi connectivity index (χ0v) is 11.1. The van der Waals surface area contributed by atoms with Crippen molar-refractivity contribution in [2.24, 2.45) is 0 Å². The van der Waals surface area contributed by atoms with E-state index in [9.17, 15) is 0 Å². The Morgan fingerprint density at radius 2 is 2.00 bits per heavy atom. The van der Waals surface area contributed by atoms with Gasteiger partial charge < -0.3 is 4.57 Å². The van der Waals surface area contributed by atoms with E-state index < -0.39 is 0 Å². The molecule has 0 saturated carbocycles. The molecule has 3 nitrogen and oxygen atoms in total. The van der Waals surface area contributed by atoms with Crippen LogP contribution in [0.5, 0.6) is 0 Å². The molecule has 3 rings (SSSR count). The van der Waals surface area contributed by atoms with Gasteiger partial charge in [0.2, 0.25) is 0 Å². The van der Waals surface area contributed by atoms with Crippen LogP contribution in [0.2, 0.25) is 0 Å². The molecular formula is C15H19N3. The second-order valence-electron chi connectivity index (χ2n) is 5.22. The maximum Gasteiger partial charge on any atom is 0.106 e.